The molecule has 2 N–H and O–H groups in total. The van der Waals surface area contributed by atoms with Crippen molar-refractivity contribution in [3.05, 3.63) is 12.2 Å². The molecule has 0 radical (unpaired) electrons. The van der Waals surface area contributed by atoms with Crippen molar-refractivity contribution in [2.24, 2.45) is 5.73 Å². The molecular weight excluding hydrogens is 176 g/mol. The molecule has 0 bridgehead atoms. The second kappa shape index (κ2) is 3.69. The molecule has 0 amide bonds. The van der Waals surface area contributed by atoms with Crippen LogP contribution in [0.25, 0.3) is 0 Å². The van der Waals surface area contributed by atoms with Gasteiger partial charge in [0.2, 0.25) is 0 Å². The molecule has 1 fully saturated rings. The maximum Gasteiger partial charge on any atom is 0.146 e. The molecular formula is C10H18N4. The van der Waals surface area contributed by atoms with Crippen LogP contribution in [-0.4, -0.2) is 14.8 Å². The Balaban J connectivity index is 2.27. The van der Waals surface area contributed by atoms with Gasteiger partial charge in [0.05, 0.1) is 5.54 Å². The molecule has 0 aliphatic heterocycles. The highest BCUT2D eigenvalue weighted by atomic mass is 15.3. The average molecular weight is 194 g/mol. The lowest BCUT2D eigenvalue weighted by atomic mass is 9.82. The van der Waals surface area contributed by atoms with Crippen LogP contribution in [0.3, 0.4) is 0 Å². The highest BCUT2D eigenvalue weighted by Gasteiger charge is 2.33. The molecule has 14 heavy (non-hydrogen) atoms. The van der Waals surface area contributed by atoms with Gasteiger partial charge in [-0.05, 0) is 19.8 Å². The molecule has 1 aliphatic rings. The molecule has 4 heteroatoms. The number of aryl methyl sites for hydroxylation is 1. The molecule has 1 heterocycles. The van der Waals surface area contributed by atoms with Crippen LogP contribution in [0.15, 0.2) is 6.33 Å². The van der Waals surface area contributed by atoms with E-state index in [-0.39, 0.29) is 5.54 Å². The molecule has 0 aromatic carbocycles. The van der Waals surface area contributed by atoms with Crippen molar-refractivity contribution in [2.45, 2.75) is 51.1 Å². The predicted octanol–water partition coefficient (Wildman–Crippen LogP) is 1.42. The molecule has 0 unspecified atom stereocenters. The van der Waals surface area contributed by atoms with Crippen molar-refractivity contribution in [1.82, 2.24) is 14.8 Å². The highest BCUT2D eigenvalue weighted by Crippen LogP contribution is 2.33. The fraction of sp³-hybridized carbons (Fsp3) is 0.800. The Morgan fingerprint density at radius 1 is 1.43 bits per heavy atom. The first-order valence-electron chi connectivity index (χ1n) is 5.43. The maximum atomic E-state index is 6.38. The Labute approximate surface area is 84.5 Å². The van der Waals surface area contributed by atoms with Crippen molar-refractivity contribution < 1.29 is 0 Å². The molecule has 0 spiro atoms. The number of hydrogen-bond acceptors (Lipinski definition) is 3. The van der Waals surface area contributed by atoms with E-state index in [1.807, 2.05) is 4.68 Å². The predicted molar refractivity (Wildman–Crippen MR) is 54.6 cm³/mol. The third-order valence-corrected chi connectivity index (χ3v) is 3.11. The number of nitrogens with zero attached hydrogens (tertiary/aromatic N) is 3. The zero-order chi connectivity index (χ0) is 10.0. The van der Waals surface area contributed by atoms with Gasteiger partial charge in [0, 0.05) is 6.54 Å². The number of rotatable bonds is 2. The maximum absolute atomic E-state index is 6.38. The van der Waals surface area contributed by atoms with Crippen LogP contribution in [0.5, 0.6) is 0 Å². The lowest BCUT2D eigenvalue weighted by Gasteiger charge is -2.32. The van der Waals surface area contributed by atoms with E-state index in [0.717, 1.165) is 25.2 Å². The van der Waals surface area contributed by atoms with Crippen molar-refractivity contribution in [1.29, 1.82) is 0 Å². The summed E-state index contributed by atoms with van der Waals surface area (Å²) in [4.78, 5) is 4.31. The molecule has 2 rings (SSSR count). The van der Waals surface area contributed by atoms with E-state index < -0.39 is 0 Å². The van der Waals surface area contributed by atoms with Gasteiger partial charge in [-0.25, -0.2) is 9.67 Å². The first-order valence-corrected chi connectivity index (χ1v) is 5.43. The number of hydrogen-bond donors (Lipinski definition) is 1. The molecule has 1 aromatic heterocycles. The van der Waals surface area contributed by atoms with Crippen molar-refractivity contribution in [2.75, 3.05) is 0 Å². The van der Waals surface area contributed by atoms with Gasteiger partial charge in [0.25, 0.3) is 0 Å². The normalized spacial score (nSPS) is 21.0. The molecule has 4 nitrogen and oxygen atoms in total. The summed E-state index contributed by atoms with van der Waals surface area (Å²) < 4.78 is 1.92. The van der Waals surface area contributed by atoms with Crippen LogP contribution in [0.1, 0.15) is 44.9 Å². The lowest BCUT2D eigenvalue weighted by molar-refractivity contribution is 0.275. The molecule has 1 aliphatic carbocycles. The summed E-state index contributed by atoms with van der Waals surface area (Å²) in [6, 6.07) is 0. The second-order valence-corrected chi connectivity index (χ2v) is 4.12. The summed E-state index contributed by atoms with van der Waals surface area (Å²) in [5, 5.41) is 4.18. The summed E-state index contributed by atoms with van der Waals surface area (Å²) >= 11 is 0. The summed E-state index contributed by atoms with van der Waals surface area (Å²) in [5.74, 6) is 0.972. The first-order chi connectivity index (χ1) is 6.76. The van der Waals surface area contributed by atoms with Crippen molar-refractivity contribution >= 4 is 0 Å². The van der Waals surface area contributed by atoms with Gasteiger partial charge in [-0.1, -0.05) is 19.3 Å². The fourth-order valence-corrected chi connectivity index (χ4v) is 2.29. The van der Waals surface area contributed by atoms with Crippen LogP contribution < -0.4 is 5.73 Å². The van der Waals surface area contributed by atoms with Crippen molar-refractivity contribution in [3.8, 4) is 0 Å². The van der Waals surface area contributed by atoms with Crippen LogP contribution >= 0.6 is 0 Å². The Kier molecular flexibility index (Phi) is 2.54. The minimum Gasteiger partial charge on any atom is -0.319 e. The summed E-state index contributed by atoms with van der Waals surface area (Å²) in [5.41, 5.74) is 6.16. The van der Waals surface area contributed by atoms with Gasteiger partial charge in [-0.3, -0.25) is 0 Å². The van der Waals surface area contributed by atoms with Gasteiger partial charge in [-0.2, -0.15) is 5.10 Å². The van der Waals surface area contributed by atoms with Crippen LogP contribution in [0, 0.1) is 0 Å². The Bertz CT molecular complexity index is 299. The number of nitrogens with two attached hydrogens (primary N) is 1. The smallest absolute Gasteiger partial charge is 0.146 e. The minimum atomic E-state index is -0.217. The fourth-order valence-electron chi connectivity index (χ4n) is 2.29. The largest absolute Gasteiger partial charge is 0.319 e. The van der Waals surface area contributed by atoms with Crippen molar-refractivity contribution in [3.63, 3.8) is 0 Å². The quantitative estimate of drug-likeness (QED) is 0.774. The standard InChI is InChI=1S/C10H18N4/c1-2-14-9(12-8-13-14)10(11)6-4-3-5-7-10/h8H,2-7,11H2,1H3. The van der Waals surface area contributed by atoms with Gasteiger partial charge in [0.1, 0.15) is 12.2 Å². The molecule has 78 valence electrons. The zero-order valence-electron chi connectivity index (χ0n) is 8.74. The van der Waals surface area contributed by atoms with E-state index in [9.17, 15) is 0 Å². The van der Waals surface area contributed by atoms with Gasteiger partial charge >= 0.3 is 0 Å². The SMILES string of the molecule is CCn1ncnc1C1(N)CCCCC1. The zero-order valence-corrected chi connectivity index (χ0v) is 8.74. The Morgan fingerprint density at radius 3 is 2.79 bits per heavy atom. The van der Waals surface area contributed by atoms with Gasteiger partial charge < -0.3 is 5.73 Å². The van der Waals surface area contributed by atoms with Crippen LogP contribution in [0.4, 0.5) is 0 Å². The summed E-state index contributed by atoms with van der Waals surface area (Å²) in [7, 11) is 0. The van der Waals surface area contributed by atoms with E-state index in [0.29, 0.717) is 0 Å². The van der Waals surface area contributed by atoms with Crippen LogP contribution in [-0.2, 0) is 12.1 Å². The number of aromatic nitrogens is 3. The monoisotopic (exact) mass is 194 g/mol. The summed E-state index contributed by atoms with van der Waals surface area (Å²) in [6.45, 7) is 2.93. The van der Waals surface area contributed by atoms with E-state index >= 15 is 0 Å². The Hall–Kier alpha value is -0.900. The van der Waals surface area contributed by atoms with Gasteiger partial charge in [-0.15, -0.1) is 0 Å². The molecule has 0 saturated heterocycles. The van der Waals surface area contributed by atoms with Crippen LogP contribution in [0.2, 0.25) is 0 Å². The highest BCUT2D eigenvalue weighted by molar-refractivity contribution is 5.05. The van der Waals surface area contributed by atoms with Gasteiger partial charge in [0.15, 0.2) is 0 Å². The lowest BCUT2D eigenvalue weighted by Crippen LogP contribution is -2.41. The summed E-state index contributed by atoms with van der Waals surface area (Å²) in [6.07, 6.45) is 7.44. The molecule has 1 aromatic rings. The molecule has 0 atom stereocenters. The third-order valence-electron chi connectivity index (χ3n) is 3.11. The van der Waals surface area contributed by atoms with E-state index in [2.05, 4.69) is 17.0 Å². The Morgan fingerprint density at radius 2 is 2.14 bits per heavy atom. The average Bonchev–Trinajstić information content (AvgIpc) is 2.67. The molecule has 1 saturated carbocycles. The first kappa shape index (κ1) is 9.65. The third kappa shape index (κ3) is 1.54. The second-order valence-electron chi connectivity index (χ2n) is 4.12. The van der Waals surface area contributed by atoms with E-state index in [1.165, 1.54) is 19.3 Å². The van der Waals surface area contributed by atoms with E-state index in [1.54, 1.807) is 6.33 Å². The topological polar surface area (TPSA) is 56.7 Å². The minimum absolute atomic E-state index is 0.217. The van der Waals surface area contributed by atoms with E-state index in [4.69, 9.17) is 5.73 Å².